The van der Waals surface area contributed by atoms with E-state index in [4.69, 9.17) is 16.7 Å². The van der Waals surface area contributed by atoms with Gasteiger partial charge >= 0.3 is 6.03 Å². The van der Waals surface area contributed by atoms with Crippen molar-refractivity contribution in [3.63, 3.8) is 0 Å². The SMILES string of the molecule is CC(C)(C)c1cc(CNC(=O)Nc2ccc(CNS(C)(=O)=O)c(F)c2)n(-c2cccc(Cl)c2)n1. The van der Waals surface area contributed by atoms with Gasteiger partial charge in [0.25, 0.3) is 0 Å². The van der Waals surface area contributed by atoms with Crippen LogP contribution >= 0.6 is 11.6 Å². The number of urea groups is 1. The molecule has 0 spiro atoms. The van der Waals surface area contributed by atoms with Crippen LogP contribution in [0.2, 0.25) is 5.02 Å². The number of rotatable bonds is 7. The van der Waals surface area contributed by atoms with Gasteiger partial charge in [0.15, 0.2) is 0 Å². The van der Waals surface area contributed by atoms with Crippen LogP contribution in [0.15, 0.2) is 48.5 Å². The van der Waals surface area contributed by atoms with Crippen molar-refractivity contribution < 1.29 is 17.6 Å². The number of carbonyl (C=O) groups is 1. The number of halogens is 2. The van der Waals surface area contributed by atoms with E-state index in [0.717, 1.165) is 29.4 Å². The molecule has 1 aromatic heterocycles. The Kier molecular flexibility index (Phi) is 7.64. The Balaban J connectivity index is 1.71. The fourth-order valence-electron chi connectivity index (χ4n) is 3.07. The van der Waals surface area contributed by atoms with Crippen LogP contribution in [0.3, 0.4) is 0 Å². The summed E-state index contributed by atoms with van der Waals surface area (Å²) in [5, 5.41) is 10.6. The van der Waals surface area contributed by atoms with Gasteiger partial charge in [0, 0.05) is 28.2 Å². The third-order valence-corrected chi connectivity index (χ3v) is 5.77. The van der Waals surface area contributed by atoms with Crippen LogP contribution in [-0.2, 0) is 28.5 Å². The number of carbonyl (C=O) groups excluding carboxylic acids is 1. The Morgan fingerprint density at radius 3 is 2.47 bits per heavy atom. The van der Waals surface area contributed by atoms with Gasteiger partial charge in [-0.25, -0.2) is 27.0 Å². The van der Waals surface area contributed by atoms with E-state index in [-0.39, 0.29) is 29.8 Å². The van der Waals surface area contributed by atoms with Crippen molar-refractivity contribution in [1.29, 1.82) is 0 Å². The molecule has 11 heteroatoms. The van der Waals surface area contributed by atoms with E-state index in [1.54, 1.807) is 16.8 Å². The highest BCUT2D eigenvalue weighted by Crippen LogP contribution is 2.25. The molecule has 0 fully saturated rings. The molecule has 1 heterocycles. The van der Waals surface area contributed by atoms with Crippen LogP contribution in [-0.4, -0.2) is 30.5 Å². The van der Waals surface area contributed by atoms with E-state index in [0.29, 0.717) is 5.02 Å². The second-order valence-corrected chi connectivity index (χ2v) is 11.1. The molecule has 3 N–H and O–H groups in total. The summed E-state index contributed by atoms with van der Waals surface area (Å²) in [4.78, 5) is 12.5. The average Bonchev–Trinajstić information content (AvgIpc) is 3.16. The van der Waals surface area contributed by atoms with Gasteiger partial charge in [0.1, 0.15) is 5.82 Å². The second kappa shape index (κ2) is 10.1. The van der Waals surface area contributed by atoms with Crippen molar-refractivity contribution in [1.82, 2.24) is 19.8 Å². The van der Waals surface area contributed by atoms with E-state index in [1.165, 1.54) is 12.1 Å². The number of nitrogens with zero attached hydrogens (tertiary/aromatic N) is 2. The van der Waals surface area contributed by atoms with E-state index in [2.05, 4.69) is 15.4 Å². The van der Waals surface area contributed by atoms with E-state index in [9.17, 15) is 17.6 Å². The number of sulfonamides is 1. The van der Waals surface area contributed by atoms with E-state index in [1.807, 2.05) is 39.0 Å². The fraction of sp³-hybridized carbons (Fsp3) is 0.304. The minimum atomic E-state index is -3.45. The predicted molar refractivity (Wildman–Crippen MR) is 131 cm³/mol. The lowest BCUT2D eigenvalue weighted by Gasteiger charge is -2.14. The number of amides is 2. The lowest BCUT2D eigenvalue weighted by molar-refractivity contribution is 0.251. The monoisotopic (exact) mass is 507 g/mol. The van der Waals surface area contributed by atoms with Gasteiger partial charge in [-0.2, -0.15) is 5.10 Å². The lowest BCUT2D eigenvalue weighted by Crippen LogP contribution is -2.29. The molecule has 0 radical (unpaired) electrons. The highest BCUT2D eigenvalue weighted by molar-refractivity contribution is 7.88. The maximum Gasteiger partial charge on any atom is 0.319 e. The molecule has 3 aromatic rings. The van der Waals surface area contributed by atoms with Crippen LogP contribution in [0.1, 0.15) is 37.7 Å². The highest BCUT2D eigenvalue weighted by Gasteiger charge is 2.21. The first-order valence-corrected chi connectivity index (χ1v) is 12.7. The number of aromatic nitrogens is 2. The average molecular weight is 508 g/mol. The molecule has 0 bridgehead atoms. The molecule has 182 valence electrons. The van der Waals surface area contributed by atoms with Crippen molar-refractivity contribution in [3.05, 3.63) is 76.3 Å². The smallest absolute Gasteiger partial charge is 0.319 e. The quantitative estimate of drug-likeness (QED) is 0.442. The molecule has 0 saturated carbocycles. The summed E-state index contributed by atoms with van der Waals surface area (Å²) in [5.74, 6) is -0.636. The zero-order valence-electron chi connectivity index (χ0n) is 19.3. The summed E-state index contributed by atoms with van der Waals surface area (Å²) in [7, 11) is -3.45. The third kappa shape index (κ3) is 7.02. The van der Waals surface area contributed by atoms with Gasteiger partial charge in [-0.1, -0.05) is 44.5 Å². The Labute approximate surface area is 203 Å². The summed E-state index contributed by atoms with van der Waals surface area (Å²) >= 11 is 6.14. The summed E-state index contributed by atoms with van der Waals surface area (Å²) in [6.45, 7) is 6.13. The van der Waals surface area contributed by atoms with Crippen molar-refractivity contribution in [2.45, 2.75) is 39.3 Å². The Bertz CT molecular complexity index is 1300. The number of hydrogen-bond acceptors (Lipinski definition) is 4. The predicted octanol–water partition coefficient (Wildman–Crippen LogP) is 4.33. The summed E-state index contributed by atoms with van der Waals surface area (Å²) < 4.78 is 40.6. The molecule has 34 heavy (non-hydrogen) atoms. The molecule has 3 rings (SSSR count). The molecule has 0 saturated heterocycles. The first-order chi connectivity index (χ1) is 15.8. The van der Waals surface area contributed by atoms with Gasteiger partial charge in [0.05, 0.1) is 29.9 Å². The van der Waals surface area contributed by atoms with Gasteiger partial charge in [-0.05, 0) is 36.4 Å². The minimum Gasteiger partial charge on any atom is -0.332 e. The van der Waals surface area contributed by atoms with Gasteiger partial charge in [0.2, 0.25) is 10.0 Å². The van der Waals surface area contributed by atoms with Gasteiger partial charge in [-0.15, -0.1) is 0 Å². The summed E-state index contributed by atoms with van der Waals surface area (Å²) in [6.07, 6.45) is 0.994. The van der Waals surface area contributed by atoms with Crippen LogP contribution in [0.4, 0.5) is 14.9 Å². The summed E-state index contributed by atoms with van der Waals surface area (Å²) in [5.41, 5.74) is 2.56. The zero-order chi connectivity index (χ0) is 25.1. The largest absolute Gasteiger partial charge is 0.332 e. The Morgan fingerprint density at radius 2 is 1.85 bits per heavy atom. The van der Waals surface area contributed by atoms with Crippen molar-refractivity contribution in [3.8, 4) is 5.69 Å². The van der Waals surface area contributed by atoms with Crippen LogP contribution < -0.4 is 15.4 Å². The number of nitrogens with one attached hydrogen (secondary N) is 3. The van der Waals surface area contributed by atoms with Crippen molar-refractivity contribution >= 4 is 33.3 Å². The van der Waals surface area contributed by atoms with Crippen molar-refractivity contribution in [2.24, 2.45) is 0 Å². The minimum absolute atomic E-state index is 0.163. The lowest BCUT2D eigenvalue weighted by atomic mass is 9.92. The van der Waals surface area contributed by atoms with Crippen molar-refractivity contribution in [2.75, 3.05) is 11.6 Å². The molecule has 8 nitrogen and oxygen atoms in total. The standard InChI is InChI=1S/C23H27ClFN5O3S/c1-23(2,3)21-12-19(30(29-21)18-7-5-6-16(24)10-18)14-26-22(31)28-17-9-8-15(20(25)11-17)13-27-34(4,32)33/h5-12,27H,13-14H2,1-4H3,(H2,26,28,31). The first kappa shape index (κ1) is 25.7. The van der Waals surface area contributed by atoms with Crippen LogP contribution in [0.25, 0.3) is 5.69 Å². The third-order valence-electron chi connectivity index (χ3n) is 4.87. The maximum absolute atomic E-state index is 14.3. The molecule has 0 atom stereocenters. The number of anilines is 1. The maximum atomic E-state index is 14.3. The van der Waals surface area contributed by atoms with Gasteiger partial charge < -0.3 is 10.6 Å². The van der Waals surface area contributed by atoms with Crippen LogP contribution in [0, 0.1) is 5.82 Å². The highest BCUT2D eigenvalue weighted by atomic mass is 35.5. The molecular weight excluding hydrogens is 481 g/mol. The Hall–Kier alpha value is -2.95. The molecule has 2 amide bonds. The zero-order valence-corrected chi connectivity index (χ0v) is 20.9. The van der Waals surface area contributed by atoms with E-state index >= 15 is 0 Å². The van der Waals surface area contributed by atoms with Crippen LogP contribution in [0.5, 0.6) is 0 Å². The fourth-order valence-corrected chi connectivity index (χ4v) is 3.67. The van der Waals surface area contributed by atoms with Gasteiger partial charge in [-0.3, -0.25) is 0 Å². The molecule has 0 aliphatic heterocycles. The molecule has 2 aromatic carbocycles. The Morgan fingerprint density at radius 1 is 1.12 bits per heavy atom. The number of benzene rings is 2. The van der Waals surface area contributed by atoms with E-state index < -0.39 is 21.9 Å². The molecule has 0 aliphatic rings. The first-order valence-electron chi connectivity index (χ1n) is 10.4. The molecule has 0 unspecified atom stereocenters. The molecule has 0 aliphatic carbocycles. The molecular formula is C23H27ClFN5O3S. The number of hydrogen-bond donors (Lipinski definition) is 3. The summed E-state index contributed by atoms with van der Waals surface area (Å²) in [6, 6.07) is 12.7. The normalized spacial score (nSPS) is 11.9. The topological polar surface area (TPSA) is 105 Å². The second-order valence-electron chi connectivity index (χ2n) is 8.87.